The van der Waals surface area contributed by atoms with Gasteiger partial charge in [-0.05, 0) is 35.6 Å². The van der Waals surface area contributed by atoms with Crippen LogP contribution in [-0.2, 0) is 11.3 Å². The van der Waals surface area contributed by atoms with E-state index in [9.17, 15) is 5.11 Å². The second kappa shape index (κ2) is 4.47. The van der Waals surface area contributed by atoms with E-state index in [1.807, 2.05) is 19.1 Å². The van der Waals surface area contributed by atoms with Crippen molar-refractivity contribution in [1.82, 2.24) is 0 Å². The van der Waals surface area contributed by atoms with Crippen molar-refractivity contribution in [3.8, 4) is 5.75 Å². The average molecular weight is 194 g/mol. The minimum Gasteiger partial charge on any atom is -0.507 e. The number of phenols is 1. The highest BCUT2D eigenvalue weighted by atomic mass is 16.5. The monoisotopic (exact) mass is 194 g/mol. The summed E-state index contributed by atoms with van der Waals surface area (Å²) in [7, 11) is 1.68. The Bertz CT molecular complexity index is 316. The van der Waals surface area contributed by atoms with E-state index in [1.54, 1.807) is 7.11 Å². The van der Waals surface area contributed by atoms with Crippen LogP contribution in [0.15, 0.2) is 12.1 Å². The second-order valence-corrected chi connectivity index (χ2v) is 3.94. The number of aryl methyl sites for hydroxylation is 1. The second-order valence-electron chi connectivity index (χ2n) is 3.94. The van der Waals surface area contributed by atoms with Crippen LogP contribution in [0.3, 0.4) is 0 Å². The zero-order valence-corrected chi connectivity index (χ0v) is 9.29. The van der Waals surface area contributed by atoms with Gasteiger partial charge < -0.3 is 9.84 Å². The van der Waals surface area contributed by atoms with E-state index in [4.69, 9.17) is 4.74 Å². The fourth-order valence-corrected chi connectivity index (χ4v) is 1.57. The third-order valence-corrected chi connectivity index (χ3v) is 2.32. The van der Waals surface area contributed by atoms with Gasteiger partial charge in [-0.1, -0.05) is 19.9 Å². The summed E-state index contributed by atoms with van der Waals surface area (Å²) in [5, 5.41) is 9.82. The quantitative estimate of drug-likeness (QED) is 0.801. The highest BCUT2D eigenvalue weighted by Gasteiger charge is 2.09. The van der Waals surface area contributed by atoms with E-state index in [-0.39, 0.29) is 0 Å². The van der Waals surface area contributed by atoms with Crippen molar-refractivity contribution in [3.63, 3.8) is 0 Å². The summed E-state index contributed by atoms with van der Waals surface area (Å²) < 4.78 is 5.08. The van der Waals surface area contributed by atoms with Gasteiger partial charge in [0, 0.05) is 7.11 Å². The molecule has 0 amide bonds. The summed E-state index contributed by atoms with van der Waals surface area (Å²) in [6, 6.07) is 3.97. The Morgan fingerprint density at radius 2 is 2.00 bits per heavy atom. The van der Waals surface area contributed by atoms with E-state index >= 15 is 0 Å². The van der Waals surface area contributed by atoms with Crippen LogP contribution in [0.25, 0.3) is 0 Å². The van der Waals surface area contributed by atoms with Gasteiger partial charge in [0.25, 0.3) is 0 Å². The third-order valence-electron chi connectivity index (χ3n) is 2.32. The first-order chi connectivity index (χ1) is 6.56. The highest BCUT2D eigenvalue weighted by Crippen LogP contribution is 2.30. The summed E-state index contributed by atoms with van der Waals surface area (Å²) in [6.45, 7) is 6.66. The third kappa shape index (κ3) is 2.26. The molecule has 0 radical (unpaired) electrons. The summed E-state index contributed by atoms with van der Waals surface area (Å²) in [5.41, 5.74) is 3.03. The highest BCUT2D eigenvalue weighted by molar-refractivity contribution is 5.44. The number of rotatable bonds is 3. The molecule has 78 valence electrons. The van der Waals surface area contributed by atoms with Gasteiger partial charge in [-0.3, -0.25) is 0 Å². The molecule has 0 aliphatic rings. The number of benzene rings is 1. The first-order valence-electron chi connectivity index (χ1n) is 4.87. The van der Waals surface area contributed by atoms with E-state index < -0.39 is 0 Å². The zero-order valence-electron chi connectivity index (χ0n) is 9.29. The van der Waals surface area contributed by atoms with E-state index in [0.29, 0.717) is 18.3 Å². The van der Waals surface area contributed by atoms with Crippen LogP contribution in [0.2, 0.25) is 0 Å². The molecule has 0 aliphatic heterocycles. The predicted molar refractivity (Wildman–Crippen MR) is 57.6 cm³/mol. The van der Waals surface area contributed by atoms with E-state index in [2.05, 4.69) is 13.8 Å². The Morgan fingerprint density at radius 3 is 2.50 bits per heavy atom. The first kappa shape index (κ1) is 11.1. The zero-order chi connectivity index (χ0) is 10.7. The molecule has 1 aromatic carbocycles. The number of phenolic OH excluding ortho intramolecular Hbond substituents is 1. The molecule has 0 spiro atoms. The average Bonchev–Trinajstić information content (AvgIpc) is 2.11. The Balaban J connectivity index is 3.14. The number of aromatic hydroxyl groups is 1. The van der Waals surface area contributed by atoms with E-state index in [0.717, 1.165) is 16.7 Å². The maximum atomic E-state index is 9.82. The molecule has 0 fully saturated rings. The Labute approximate surface area is 85.5 Å². The largest absolute Gasteiger partial charge is 0.507 e. The molecule has 0 unspecified atom stereocenters. The minimum absolute atomic E-state index is 0.338. The van der Waals surface area contributed by atoms with Crippen molar-refractivity contribution in [2.24, 2.45) is 0 Å². The van der Waals surface area contributed by atoms with Crippen molar-refractivity contribution in [3.05, 3.63) is 28.8 Å². The topological polar surface area (TPSA) is 29.5 Å². The first-order valence-corrected chi connectivity index (χ1v) is 4.87. The maximum Gasteiger partial charge on any atom is 0.121 e. The van der Waals surface area contributed by atoms with Gasteiger partial charge in [-0.15, -0.1) is 0 Å². The van der Waals surface area contributed by atoms with Crippen molar-refractivity contribution in [2.45, 2.75) is 33.3 Å². The van der Waals surface area contributed by atoms with Gasteiger partial charge in [0.2, 0.25) is 0 Å². The molecule has 1 N–H and O–H groups in total. The van der Waals surface area contributed by atoms with Crippen molar-refractivity contribution >= 4 is 0 Å². The molecular formula is C12H18O2. The molecular weight excluding hydrogens is 176 g/mol. The number of methoxy groups -OCH3 is 1. The summed E-state index contributed by atoms with van der Waals surface area (Å²) in [4.78, 5) is 0. The number of hydrogen-bond donors (Lipinski definition) is 1. The van der Waals surface area contributed by atoms with Gasteiger partial charge in [0.15, 0.2) is 0 Å². The van der Waals surface area contributed by atoms with Crippen LogP contribution in [0, 0.1) is 6.92 Å². The Morgan fingerprint density at radius 1 is 1.36 bits per heavy atom. The van der Waals surface area contributed by atoms with E-state index in [1.165, 1.54) is 0 Å². The van der Waals surface area contributed by atoms with Gasteiger partial charge in [-0.2, -0.15) is 0 Å². The lowest BCUT2D eigenvalue weighted by molar-refractivity contribution is 0.184. The summed E-state index contributed by atoms with van der Waals surface area (Å²) in [6.07, 6.45) is 0. The van der Waals surface area contributed by atoms with Gasteiger partial charge in [0.1, 0.15) is 5.75 Å². The number of hydrogen-bond acceptors (Lipinski definition) is 2. The molecule has 2 heteroatoms. The van der Waals surface area contributed by atoms with Crippen LogP contribution >= 0.6 is 0 Å². The maximum absolute atomic E-state index is 9.82. The molecule has 0 aromatic heterocycles. The van der Waals surface area contributed by atoms with Crippen LogP contribution < -0.4 is 0 Å². The van der Waals surface area contributed by atoms with Crippen molar-refractivity contribution < 1.29 is 9.84 Å². The van der Waals surface area contributed by atoms with Crippen LogP contribution in [0.4, 0.5) is 0 Å². The molecule has 0 saturated carbocycles. The molecule has 0 heterocycles. The minimum atomic E-state index is 0.338. The lowest BCUT2D eigenvalue weighted by atomic mass is 9.97. The smallest absolute Gasteiger partial charge is 0.121 e. The Kier molecular flexibility index (Phi) is 3.53. The molecule has 0 saturated heterocycles. The molecule has 1 aromatic rings. The predicted octanol–water partition coefficient (Wildman–Crippen LogP) is 2.97. The standard InChI is InChI=1S/C12H18O2/c1-8(2)11-6-10(7-14-4)5-9(3)12(11)13/h5-6,8,13H,7H2,1-4H3. The molecule has 14 heavy (non-hydrogen) atoms. The lowest BCUT2D eigenvalue weighted by Gasteiger charge is -2.13. The summed E-state index contributed by atoms with van der Waals surface area (Å²) in [5.74, 6) is 0.755. The van der Waals surface area contributed by atoms with Gasteiger partial charge in [-0.25, -0.2) is 0 Å². The Hall–Kier alpha value is -1.02. The lowest BCUT2D eigenvalue weighted by Crippen LogP contribution is -1.95. The fourth-order valence-electron chi connectivity index (χ4n) is 1.57. The molecule has 1 rings (SSSR count). The fraction of sp³-hybridized carbons (Fsp3) is 0.500. The normalized spacial score (nSPS) is 10.9. The molecule has 0 bridgehead atoms. The van der Waals surface area contributed by atoms with Gasteiger partial charge in [0.05, 0.1) is 6.61 Å². The number of ether oxygens (including phenoxy) is 1. The van der Waals surface area contributed by atoms with Crippen LogP contribution in [0.5, 0.6) is 5.75 Å². The molecule has 0 atom stereocenters. The van der Waals surface area contributed by atoms with Crippen molar-refractivity contribution in [2.75, 3.05) is 7.11 Å². The van der Waals surface area contributed by atoms with Crippen molar-refractivity contribution in [1.29, 1.82) is 0 Å². The van der Waals surface area contributed by atoms with Crippen LogP contribution in [-0.4, -0.2) is 12.2 Å². The SMILES string of the molecule is COCc1cc(C)c(O)c(C(C)C)c1. The van der Waals surface area contributed by atoms with Crippen LogP contribution in [0.1, 0.15) is 36.5 Å². The summed E-state index contributed by atoms with van der Waals surface area (Å²) >= 11 is 0. The molecule has 0 aliphatic carbocycles. The van der Waals surface area contributed by atoms with Gasteiger partial charge >= 0.3 is 0 Å². The molecule has 2 nitrogen and oxygen atoms in total.